The first-order valence-corrected chi connectivity index (χ1v) is 14.2. The number of carbonyl (C=O) groups is 4. The summed E-state index contributed by atoms with van der Waals surface area (Å²) in [6.45, 7) is -1.23. The zero-order chi connectivity index (χ0) is 34.5. The molecule has 3 aromatic rings. The van der Waals surface area contributed by atoms with Gasteiger partial charge < -0.3 is 50.3 Å². The third-order valence-electron chi connectivity index (χ3n) is 8.01. The van der Waals surface area contributed by atoms with Crippen LogP contribution in [-0.2, 0) is 30.3 Å². The number of phenolic OH excluding ortho intramolecular Hbond substituents is 4. The minimum atomic E-state index is -2.79. The molecule has 47 heavy (non-hydrogen) atoms. The van der Waals surface area contributed by atoms with Crippen molar-refractivity contribution in [3.8, 4) is 23.0 Å². The molecule has 0 aromatic heterocycles. The molecule has 0 unspecified atom stereocenters. The lowest BCUT2D eigenvalue weighted by Gasteiger charge is -2.52. The maximum Gasteiger partial charge on any atom is 0.336 e. The van der Waals surface area contributed by atoms with Gasteiger partial charge in [-0.15, -0.1) is 0 Å². The Labute approximate surface area is 267 Å². The number of esters is 2. The van der Waals surface area contributed by atoms with Gasteiger partial charge in [-0.2, -0.15) is 0 Å². The van der Waals surface area contributed by atoms with Gasteiger partial charge >= 0.3 is 17.9 Å². The predicted molar refractivity (Wildman–Crippen MR) is 160 cm³/mol. The Bertz CT molecular complexity index is 1690. The first kappa shape index (κ1) is 34.4. The van der Waals surface area contributed by atoms with E-state index in [9.17, 15) is 60.0 Å². The second kappa shape index (κ2) is 13.9. The molecule has 1 fully saturated rings. The molecule has 0 heterocycles. The Morgan fingerprint density at radius 3 is 2.11 bits per heavy atom. The number of aromatic hydroxyl groups is 4. The molecule has 5 atom stereocenters. The summed E-state index contributed by atoms with van der Waals surface area (Å²) in [4.78, 5) is 51.7. The smallest absolute Gasteiger partial charge is 0.336 e. The summed E-state index contributed by atoms with van der Waals surface area (Å²) >= 11 is 0. The van der Waals surface area contributed by atoms with E-state index >= 15 is 0 Å². The van der Waals surface area contributed by atoms with E-state index in [-0.39, 0.29) is 17.5 Å². The van der Waals surface area contributed by atoms with Crippen LogP contribution in [0.15, 0.2) is 72.8 Å². The number of ketones is 1. The number of Topliss-reactive ketones (excluding diaryl/α,β-unsaturated/α-hetero) is 1. The topological polar surface area (TPSA) is 249 Å². The van der Waals surface area contributed by atoms with E-state index in [0.717, 1.165) is 42.5 Å². The van der Waals surface area contributed by atoms with Crippen molar-refractivity contribution in [1.29, 1.82) is 0 Å². The zero-order valence-corrected chi connectivity index (χ0v) is 24.6. The molecular formula is C33H32O14. The number of ether oxygens (including phenoxy) is 2. The van der Waals surface area contributed by atoms with E-state index in [1.54, 1.807) is 30.3 Å². The van der Waals surface area contributed by atoms with Gasteiger partial charge in [0.15, 0.2) is 46.1 Å². The van der Waals surface area contributed by atoms with Crippen LogP contribution in [0.1, 0.15) is 34.3 Å². The van der Waals surface area contributed by atoms with Crippen LogP contribution in [0, 0.1) is 5.92 Å². The molecular weight excluding hydrogens is 620 g/mol. The van der Waals surface area contributed by atoms with Gasteiger partial charge in [0.1, 0.15) is 12.5 Å². The monoisotopic (exact) mass is 652 g/mol. The average Bonchev–Trinajstić information content (AvgIpc) is 3.03. The van der Waals surface area contributed by atoms with E-state index in [2.05, 4.69) is 0 Å². The van der Waals surface area contributed by atoms with Crippen molar-refractivity contribution in [3.63, 3.8) is 0 Å². The fourth-order valence-corrected chi connectivity index (χ4v) is 5.47. The molecule has 8 N–H and O–H groups in total. The Hall–Kier alpha value is -5.44. The summed E-state index contributed by atoms with van der Waals surface area (Å²) < 4.78 is 11.1. The molecule has 4 rings (SSSR count). The predicted octanol–water partition coefficient (Wildman–Crippen LogP) is 1.42. The highest BCUT2D eigenvalue weighted by Crippen LogP contribution is 2.46. The van der Waals surface area contributed by atoms with Crippen LogP contribution in [0.4, 0.5) is 0 Å². The van der Waals surface area contributed by atoms with Crippen LogP contribution in [0.3, 0.4) is 0 Å². The average molecular weight is 653 g/mol. The molecule has 1 saturated carbocycles. The molecule has 0 amide bonds. The van der Waals surface area contributed by atoms with Crippen molar-refractivity contribution in [3.05, 3.63) is 89.5 Å². The first-order valence-electron chi connectivity index (χ1n) is 14.2. The van der Waals surface area contributed by atoms with Crippen LogP contribution in [0.5, 0.6) is 23.0 Å². The number of hydrogen-bond acceptors (Lipinski definition) is 13. The van der Waals surface area contributed by atoms with Gasteiger partial charge in [0, 0.05) is 24.0 Å². The molecule has 1 aliphatic rings. The van der Waals surface area contributed by atoms with Gasteiger partial charge in [0.25, 0.3) is 0 Å². The number of aliphatic carboxylic acids is 1. The fourth-order valence-electron chi connectivity index (χ4n) is 5.47. The lowest BCUT2D eigenvalue weighted by Crippen LogP contribution is -2.72. The lowest BCUT2D eigenvalue weighted by molar-refractivity contribution is -0.267. The molecule has 14 heteroatoms. The van der Waals surface area contributed by atoms with Crippen LogP contribution < -0.4 is 0 Å². The Morgan fingerprint density at radius 1 is 0.872 bits per heavy atom. The van der Waals surface area contributed by atoms with Crippen molar-refractivity contribution < 1.29 is 69.5 Å². The number of aliphatic hydroxyl groups is 3. The zero-order valence-electron chi connectivity index (χ0n) is 24.6. The molecule has 3 aromatic carbocycles. The number of phenols is 4. The lowest BCUT2D eigenvalue weighted by atomic mass is 9.63. The number of hydrogen-bond donors (Lipinski definition) is 8. The van der Waals surface area contributed by atoms with Crippen molar-refractivity contribution in [1.82, 2.24) is 0 Å². The molecule has 0 spiro atoms. The van der Waals surface area contributed by atoms with E-state index in [4.69, 9.17) is 9.47 Å². The molecule has 0 radical (unpaired) electrons. The highest BCUT2D eigenvalue weighted by atomic mass is 16.6. The van der Waals surface area contributed by atoms with Crippen LogP contribution in [0.2, 0.25) is 0 Å². The van der Waals surface area contributed by atoms with Crippen LogP contribution >= 0.6 is 0 Å². The number of carboxylic acid groups (broad SMARTS) is 1. The second-order valence-corrected chi connectivity index (χ2v) is 11.1. The molecule has 0 aliphatic heterocycles. The van der Waals surface area contributed by atoms with Gasteiger partial charge in [-0.1, -0.05) is 36.4 Å². The molecule has 1 aliphatic carbocycles. The third-order valence-corrected chi connectivity index (χ3v) is 8.01. The third kappa shape index (κ3) is 7.35. The molecule has 248 valence electrons. The quantitative estimate of drug-likeness (QED) is 0.0480. The summed E-state index contributed by atoms with van der Waals surface area (Å²) in [6, 6.07) is 14.7. The van der Waals surface area contributed by atoms with Gasteiger partial charge in [-0.3, -0.25) is 9.59 Å². The fraction of sp³-hybridized carbons (Fsp3) is 0.273. The highest BCUT2D eigenvalue weighted by molar-refractivity contribution is 6.06. The standard InChI is InChI=1S/C33H32O14/c34-17-33(47-28(41)11-7-19-6-9-22(35)25(38)13-19)27(40)16-32(45,31(43)44)21(12-18-4-2-1-3-5-18)30(33)46-29(42)15-24(37)20-8-10-23(36)26(39)14-20/h1-11,13-14,21,27,30,34-36,38-40,45H,12,15-17H2,(H,43,44)/t21-,27-,30-,32-,33+/m1/s1. The van der Waals surface area contributed by atoms with Crippen molar-refractivity contribution in [2.75, 3.05) is 6.61 Å². The first-order chi connectivity index (χ1) is 22.2. The maximum absolute atomic E-state index is 13.2. The minimum absolute atomic E-state index is 0.200. The van der Waals surface area contributed by atoms with Gasteiger partial charge in [-0.25, -0.2) is 9.59 Å². The number of carbonyl (C=O) groups excluding carboxylic acids is 3. The molecule has 14 nitrogen and oxygen atoms in total. The summed E-state index contributed by atoms with van der Waals surface area (Å²) in [5.41, 5.74) is -4.89. The number of aliphatic hydroxyl groups excluding tert-OH is 2. The highest BCUT2D eigenvalue weighted by Gasteiger charge is 2.66. The summed E-state index contributed by atoms with van der Waals surface area (Å²) in [5, 5.41) is 82.0. The van der Waals surface area contributed by atoms with Gasteiger partial charge in [0.05, 0.1) is 6.61 Å². The van der Waals surface area contributed by atoms with Crippen molar-refractivity contribution >= 4 is 29.8 Å². The normalized spacial score (nSPS) is 24.0. The van der Waals surface area contributed by atoms with E-state index in [1.165, 1.54) is 6.07 Å². The minimum Gasteiger partial charge on any atom is -0.504 e. The summed E-state index contributed by atoms with van der Waals surface area (Å²) in [5.74, 6) is -9.00. The van der Waals surface area contributed by atoms with Crippen LogP contribution in [-0.4, -0.2) is 94.6 Å². The van der Waals surface area contributed by atoms with E-state index in [0.29, 0.717) is 5.56 Å². The summed E-state index contributed by atoms with van der Waals surface area (Å²) in [7, 11) is 0. The van der Waals surface area contributed by atoms with Crippen molar-refractivity contribution in [2.24, 2.45) is 5.92 Å². The number of rotatable bonds is 11. The second-order valence-electron chi connectivity index (χ2n) is 11.1. The molecule has 0 saturated heterocycles. The summed E-state index contributed by atoms with van der Waals surface area (Å²) in [6.07, 6.45) is -4.50. The van der Waals surface area contributed by atoms with Gasteiger partial charge in [-0.05, 0) is 54.0 Å². The van der Waals surface area contributed by atoms with Crippen LogP contribution in [0.25, 0.3) is 6.08 Å². The molecule has 0 bridgehead atoms. The van der Waals surface area contributed by atoms with E-state index in [1.807, 2.05) is 0 Å². The Kier molecular flexibility index (Phi) is 10.2. The number of benzene rings is 3. The Morgan fingerprint density at radius 2 is 1.51 bits per heavy atom. The van der Waals surface area contributed by atoms with Gasteiger partial charge in [0.2, 0.25) is 0 Å². The van der Waals surface area contributed by atoms with E-state index < -0.39 is 95.5 Å². The SMILES string of the molecule is O=C(C=Cc1ccc(O)c(O)c1)O[C@@]1(CO)[C@H](O)C[C@](O)(C(=O)O)[C@H](Cc2ccccc2)[C@H]1OC(=O)CC(=O)c1ccc(O)c(O)c1. The maximum atomic E-state index is 13.2. The van der Waals surface area contributed by atoms with Crippen molar-refractivity contribution in [2.45, 2.75) is 42.7 Å². The largest absolute Gasteiger partial charge is 0.504 e. The Balaban J connectivity index is 1.74. The number of carboxylic acids is 1.